The molecule has 0 N–H and O–H groups in total. The van der Waals surface area contributed by atoms with Crippen LogP contribution in [0.25, 0.3) is 0 Å². The Morgan fingerprint density at radius 3 is 2.92 bits per heavy atom. The molecule has 2 nitrogen and oxygen atoms in total. The molecule has 0 radical (unpaired) electrons. The van der Waals surface area contributed by atoms with Crippen molar-refractivity contribution in [2.45, 2.75) is 26.2 Å². The van der Waals surface area contributed by atoms with E-state index in [4.69, 9.17) is 4.42 Å². The van der Waals surface area contributed by atoms with E-state index in [2.05, 4.69) is 6.08 Å². The molecule has 0 aliphatic heterocycles. The molecule has 0 unspecified atom stereocenters. The van der Waals surface area contributed by atoms with Crippen molar-refractivity contribution in [3.8, 4) is 0 Å². The second-order valence-electron chi connectivity index (χ2n) is 2.92. The topological polar surface area (TPSA) is 30.2 Å². The molecule has 1 aromatic rings. The van der Waals surface area contributed by atoms with Crippen molar-refractivity contribution < 1.29 is 4.42 Å². The van der Waals surface area contributed by atoms with E-state index in [1.54, 1.807) is 0 Å². The lowest BCUT2D eigenvalue weighted by Crippen LogP contribution is -1.95. The van der Waals surface area contributed by atoms with Gasteiger partial charge in [0, 0.05) is 6.07 Å². The van der Waals surface area contributed by atoms with Gasteiger partial charge in [0.1, 0.15) is 0 Å². The molecule has 1 rings (SSSR count). The van der Waals surface area contributed by atoms with Gasteiger partial charge in [0.25, 0.3) is 0 Å². The van der Waals surface area contributed by atoms with Crippen LogP contribution < -0.4 is 5.63 Å². The summed E-state index contributed by atoms with van der Waals surface area (Å²) < 4.78 is 4.74. The Bertz CT molecular complexity index is 303. The number of unbranched alkanes of at least 4 members (excludes halogenated alkanes) is 1. The van der Waals surface area contributed by atoms with Crippen LogP contribution in [0, 0.1) is 0 Å². The largest absolute Gasteiger partial charge is 0.431 e. The van der Waals surface area contributed by atoms with Gasteiger partial charge in [-0.3, -0.25) is 0 Å². The minimum absolute atomic E-state index is 0.280. The van der Waals surface area contributed by atoms with Gasteiger partial charge >= 0.3 is 5.63 Å². The highest BCUT2D eigenvalue weighted by molar-refractivity contribution is 5.06. The minimum Gasteiger partial charge on any atom is -0.431 e. The van der Waals surface area contributed by atoms with Crippen LogP contribution in [0.15, 0.2) is 39.8 Å². The van der Waals surface area contributed by atoms with E-state index < -0.39 is 0 Å². The van der Waals surface area contributed by atoms with E-state index in [0.29, 0.717) is 0 Å². The van der Waals surface area contributed by atoms with Gasteiger partial charge in [-0.1, -0.05) is 12.2 Å². The van der Waals surface area contributed by atoms with Gasteiger partial charge < -0.3 is 4.42 Å². The van der Waals surface area contributed by atoms with Crippen LogP contribution >= 0.6 is 0 Å². The van der Waals surface area contributed by atoms with Crippen molar-refractivity contribution in [2.24, 2.45) is 0 Å². The zero-order chi connectivity index (χ0) is 9.52. The van der Waals surface area contributed by atoms with Crippen LogP contribution in [0.4, 0.5) is 0 Å². The Hall–Kier alpha value is -1.31. The van der Waals surface area contributed by atoms with Gasteiger partial charge in [-0.15, -0.1) is 0 Å². The molecule has 1 aromatic heterocycles. The molecule has 0 aliphatic rings. The van der Waals surface area contributed by atoms with Crippen LogP contribution in [0.2, 0.25) is 0 Å². The Balaban J connectivity index is 2.37. The van der Waals surface area contributed by atoms with E-state index in [9.17, 15) is 4.79 Å². The maximum Gasteiger partial charge on any atom is 0.335 e. The van der Waals surface area contributed by atoms with E-state index >= 15 is 0 Å². The van der Waals surface area contributed by atoms with E-state index in [0.717, 1.165) is 24.8 Å². The smallest absolute Gasteiger partial charge is 0.335 e. The number of allylic oxidation sites excluding steroid dienone is 2. The number of aryl methyl sites for hydroxylation is 1. The molecule has 2 heteroatoms. The average Bonchev–Trinajstić information content (AvgIpc) is 2.15. The molecule has 0 aliphatic carbocycles. The Labute approximate surface area is 77.9 Å². The predicted octanol–water partition coefficient (Wildman–Crippen LogP) is 2.54. The maximum absolute atomic E-state index is 10.6. The van der Waals surface area contributed by atoms with Crippen LogP contribution in [0.1, 0.15) is 25.3 Å². The lowest BCUT2D eigenvalue weighted by Gasteiger charge is -1.96. The van der Waals surface area contributed by atoms with E-state index in [1.807, 2.05) is 19.1 Å². The molecule has 0 saturated heterocycles. The second-order valence-corrected chi connectivity index (χ2v) is 2.92. The molecular weight excluding hydrogens is 164 g/mol. The fourth-order valence-electron chi connectivity index (χ4n) is 1.12. The highest BCUT2D eigenvalue weighted by Gasteiger charge is 1.92. The summed E-state index contributed by atoms with van der Waals surface area (Å²) >= 11 is 0. The standard InChI is InChI=1S/C11H14O2/c1-2-3-4-5-6-10-7-8-11(12)13-9-10/h2-3,7-9H,4-6H2,1H3. The molecule has 0 bridgehead atoms. The number of hydrogen-bond donors (Lipinski definition) is 0. The van der Waals surface area contributed by atoms with Crippen molar-refractivity contribution in [3.63, 3.8) is 0 Å². The quantitative estimate of drug-likeness (QED) is 0.524. The predicted molar refractivity (Wildman–Crippen MR) is 52.7 cm³/mol. The highest BCUT2D eigenvalue weighted by Crippen LogP contribution is 2.02. The van der Waals surface area contributed by atoms with Crippen molar-refractivity contribution in [1.82, 2.24) is 0 Å². The van der Waals surface area contributed by atoms with Gasteiger partial charge in [0.05, 0.1) is 6.26 Å². The maximum atomic E-state index is 10.6. The van der Waals surface area contributed by atoms with Gasteiger partial charge in [-0.25, -0.2) is 4.79 Å². The molecule has 1 heterocycles. The third-order valence-corrected chi connectivity index (χ3v) is 1.83. The molecular formula is C11H14O2. The van der Waals surface area contributed by atoms with Crippen LogP contribution in [0.5, 0.6) is 0 Å². The first-order chi connectivity index (χ1) is 6.33. The third kappa shape index (κ3) is 3.74. The summed E-state index contributed by atoms with van der Waals surface area (Å²) in [4.78, 5) is 10.6. The summed E-state index contributed by atoms with van der Waals surface area (Å²) in [6.45, 7) is 2.02. The molecule has 0 amide bonds. The Kier molecular flexibility index (Phi) is 4.03. The summed E-state index contributed by atoms with van der Waals surface area (Å²) in [6.07, 6.45) is 8.87. The average molecular weight is 178 g/mol. The lowest BCUT2D eigenvalue weighted by atomic mass is 10.1. The fourth-order valence-corrected chi connectivity index (χ4v) is 1.12. The van der Waals surface area contributed by atoms with Crippen molar-refractivity contribution >= 4 is 0 Å². The molecule has 0 aromatic carbocycles. The monoisotopic (exact) mass is 178 g/mol. The van der Waals surface area contributed by atoms with Gasteiger partial charge in [0.2, 0.25) is 0 Å². The van der Waals surface area contributed by atoms with E-state index in [1.165, 1.54) is 12.3 Å². The van der Waals surface area contributed by atoms with Crippen LogP contribution in [-0.4, -0.2) is 0 Å². The zero-order valence-corrected chi connectivity index (χ0v) is 7.82. The van der Waals surface area contributed by atoms with Crippen LogP contribution in [0.3, 0.4) is 0 Å². The zero-order valence-electron chi connectivity index (χ0n) is 7.82. The van der Waals surface area contributed by atoms with Crippen LogP contribution in [-0.2, 0) is 6.42 Å². The summed E-state index contributed by atoms with van der Waals surface area (Å²) in [5, 5.41) is 0. The summed E-state index contributed by atoms with van der Waals surface area (Å²) in [5.41, 5.74) is 0.807. The summed E-state index contributed by atoms with van der Waals surface area (Å²) in [5.74, 6) is 0. The number of hydrogen-bond acceptors (Lipinski definition) is 2. The summed E-state index contributed by atoms with van der Waals surface area (Å²) in [6, 6.07) is 3.28. The Morgan fingerprint density at radius 2 is 2.31 bits per heavy atom. The SMILES string of the molecule is CC=CCCCc1ccc(=O)oc1. The summed E-state index contributed by atoms with van der Waals surface area (Å²) in [7, 11) is 0. The van der Waals surface area contributed by atoms with Crippen molar-refractivity contribution in [1.29, 1.82) is 0 Å². The first kappa shape index (κ1) is 9.78. The van der Waals surface area contributed by atoms with Crippen molar-refractivity contribution in [2.75, 3.05) is 0 Å². The first-order valence-corrected chi connectivity index (χ1v) is 4.52. The van der Waals surface area contributed by atoms with Gasteiger partial charge in [-0.05, 0) is 37.8 Å². The number of rotatable bonds is 4. The first-order valence-electron chi connectivity index (χ1n) is 4.52. The second kappa shape index (κ2) is 5.36. The molecule has 13 heavy (non-hydrogen) atoms. The Morgan fingerprint density at radius 1 is 1.46 bits per heavy atom. The van der Waals surface area contributed by atoms with Gasteiger partial charge in [0.15, 0.2) is 0 Å². The third-order valence-electron chi connectivity index (χ3n) is 1.83. The molecule has 0 saturated carbocycles. The highest BCUT2D eigenvalue weighted by atomic mass is 16.4. The van der Waals surface area contributed by atoms with E-state index in [-0.39, 0.29) is 5.63 Å². The normalized spacial score (nSPS) is 10.8. The fraction of sp³-hybridized carbons (Fsp3) is 0.364. The van der Waals surface area contributed by atoms with Gasteiger partial charge in [-0.2, -0.15) is 0 Å². The molecule has 0 atom stereocenters. The molecule has 0 spiro atoms. The van der Waals surface area contributed by atoms with Crippen molar-refractivity contribution in [3.05, 3.63) is 46.5 Å². The minimum atomic E-state index is -0.280. The molecule has 0 fully saturated rings. The lowest BCUT2D eigenvalue weighted by molar-refractivity contribution is 0.502. The molecule has 70 valence electrons.